The average molecular weight is 290 g/mol. The van der Waals surface area contributed by atoms with Gasteiger partial charge in [-0.15, -0.1) is 0 Å². The summed E-state index contributed by atoms with van der Waals surface area (Å²) in [5, 5.41) is 18.3. The molecule has 21 heavy (non-hydrogen) atoms. The van der Waals surface area contributed by atoms with Crippen LogP contribution >= 0.6 is 0 Å². The van der Waals surface area contributed by atoms with Gasteiger partial charge in [0, 0.05) is 30.1 Å². The summed E-state index contributed by atoms with van der Waals surface area (Å²) in [6.07, 6.45) is 3.59. The predicted molar refractivity (Wildman–Crippen MR) is 80.2 cm³/mol. The van der Waals surface area contributed by atoms with E-state index in [1.165, 1.54) is 6.07 Å². The van der Waals surface area contributed by atoms with Crippen LogP contribution in [0.1, 0.15) is 26.8 Å². The Labute approximate surface area is 122 Å². The van der Waals surface area contributed by atoms with Gasteiger partial charge in [0.2, 0.25) is 0 Å². The molecule has 0 aliphatic heterocycles. The molecule has 0 amide bonds. The summed E-state index contributed by atoms with van der Waals surface area (Å²) in [5.41, 5.74) is 1.49. The van der Waals surface area contributed by atoms with E-state index < -0.39 is 4.92 Å². The third-order valence-corrected chi connectivity index (χ3v) is 2.88. The number of benzene rings is 1. The summed E-state index contributed by atoms with van der Waals surface area (Å²) in [5.74, 6) is 0.253. The molecule has 0 saturated carbocycles. The van der Waals surface area contributed by atoms with Gasteiger partial charge in [-0.3, -0.25) is 14.8 Å². The molecule has 0 radical (unpaired) electrons. The van der Waals surface area contributed by atoms with Gasteiger partial charge in [0.15, 0.2) is 5.75 Å². The Morgan fingerprint density at radius 3 is 2.76 bits per heavy atom. The first-order chi connectivity index (χ1) is 10.0. The fourth-order valence-electron chi connectivity index (χ4n) is 1.87. The maximum Gasteiger partial charge on any atom is 0.311 e. The zero-order chi connectivity index (χ0) is 15.4. The van der Waals surface area contributed by atoms with Crippen molar-refractivity contribution in [2.75, 3.05) is 11.9 Å². The molecular weight excluding hydrogens is 272 g/mol. The van der Waals surface area contributed by atoms with Crippen molar-refractivity contribution in [3.63, 3.8) is 0 Å². The molecule has 0 aliphatic rings. The highest BCUT2D eigenvalue weighted by molar-refractivity contribution is 5.64. The average Bonchev–Trinajstić information content (AvgIpc) is 2.88. The molecule has 0 unspecified atom stereocenters. The SMILES string of the molecule is CCOc1cc(Nc2cnn(C(C)C)c2)ccc1[N+](=O)[O-]. The highest BCUT2D eigenvalue weighted by Gasteiger charge is 2.15. The molecular formula is C14H18N4O3. The van der Waals surface area contributed by atoms with Gasteiger partial charge in [-0.2, -0.15) is 5.10 Å². The lowest BCUT2D eigenvalue weighted by molar-refractivity contribution is -0.385. The maximum absolute atomic E-state index is 10.9. The van der Waals surface area contributed by atoms with Gasteiger partial charge in [0.05, 0.1) is 23.4 Å². The molecule has 112 valence electrons. The predicted octanol–water partition coefficient (Wildman–Crippen LogP) is 3.51. The molecule has 0 spiro atoms. The van der Waals surface area contributed by atoms with Crippen molar-refractivity contribution >= 4 is 17.1 Å². The number of rotatable bonds is 6. The van der Waals surface area contributed by atoms with E-state index >= 15 is 0 Å². The van der Waals surface area contributed by atoms with Gasteiger partial charge in [0.25, 0.3) is 0 Å². The molecule has 7 heteroatoms. The molecule has 2 rings (SSSR count). The summed E-state index contributed by atoms with van der Waals surface area (Å²) in [4.78, 5) is 10.5. The lowest BCUT2D eigenvalue weighted by atomic mass is 10.2. The molecule has 0 bridgehead atoms. The quantitative estimate of drug-likeness (QED) is 0.650. The maximum atomic E-state index is 10.9. The van der Waals surface area contributed by atoms with Crippen LogP contribution in [0.25, 0.3) is 0 Å². The Hall–Kier alpha value is -2.57. The molecule has 1 heterocycles. The van der Waals surface area contributed by atoms with Crippen molar-refractivity contribution < 1.29 is 9.66 Å². The van der Waals surface area contributed by atoms with E-state index in [-0.39, 0.29) is 17.5 Å². The van der Waals surface area contributed by atoms with Gasteiger partial charge < -0.3 is 10.1 Å². The van der Waals surface area contributed by atoms with E-state index in [1.807, 2.05) is 24.7 Å². The minimum Gasteiger partial charge on any atom is -0.487 e. The van der Waals surface area contributed by atoms with Crippen LogP contribution in [0.5, 0.6) is 5.75 Å². The van der Waals surface area contributed by atoms with Crippen molar-refractivity contribution in [1.29, 1.82) is 0 Å². The number of nitro groups is 1. The molecule has 7 nitrogen and oxygen atoms in total. The number of nitrogens with zero attached hydrogens (tertiary/aromatic N) is 3. The number of hydrogen-bond donors (Lipinski definition) is 1. The van der Waals surface area contributed by atoms with E-state index in [1.54, 1.807) is 25.3 Å². The topological polar surface area (TPSA) is 82.2 Å². The van der Waals surface area contributed by atoms with Gasteiger partial charge in [-0.1, -0.05) is 0 Å². The highest BCUT2D eigenvalue weighted by Crippen LogP contribution is 2.31. The molecule has 1 aromatic carbocycles. The fraction of sp³-hybridized carbons (Fsp3) is 0.357. The number of ether oxygens (including phenoxy) is 1. The lowest BCUT2D eigenvalue weighted by Gasteiger charge is -2.08. The van der Waals surface area contributed by atoms with Gasteiger partial charge in [-0.05, 0) is 26.8 Å². The van der Waals surface area contributed by atoms with Crippen molar-refractivity contribution in [2.45, 2.75) is 26.8 Å². The minimum absolute atomic E-state index is 0.0414. The molecule has 0 atom stereocenters. The smallest absolute Gasteiger partial charge is 0.311 e. The van der Waals surface area contributed by atoms with Crippen molar-refractivity contribution in [3.05, 3.63) is 40.7 Å². The molecule has 1 aromatic heterocycles. The van der Waals surface area contributed by atoms with Gasteiger partial charge in [0.1, 0.15) is 0 Å². The molecule has 0 saturated heterocycles. The van der Waals surface area contributed by atoms with Gasteiger partial charge >= 0.3 is 5.69 Å². The zero-order valence-corrected chi connectivity index (χ0v) is 12.2. The lowest BCUT2D eigenvalue weighted by Crippen LogP contribution is -2.00. The Balaban J connectivity index is 2.23. The third kappa shape index (κ3) is 3.50. The van der Waals surface area contributed by atoms with Crippen molar-refractivity contribution in [1.82, 2.24) is 9.78 Å². The Morgan fingerprint density at radius 1 is 1.43 bits per heavy atom. The van der Waals surface area contributed by atoms with Crippen LogP contribution in [0.15, 0.2) is 30.6 Å². The summed E-state index contributed by atoms with van der Waals surface area (Å²) in [6.45, 7) is 6.23. The van der Waals surface area contributed by atoms with E-state index in [2.05, 4.69) is 10.4 Å². The summed E-state index contributed by atoms with van der Waals surface area (Å²) < 4.78 is 7.15. The molecule has 0 fully saturated rings. The number of nitrogens with one attached hydrogen (secondary N) is 1. The molecule has 1 N–H and O–H groups in total. The first-order valence-electron chi connectivity index (χ1n) is 6.73. The first-order valence-corrected chi connectivity index (χ1v) is 6.73. The van der Waals surface area contributed by atoms with Gasteiger partial charge in [-0.25, -0.2) is 0 Å². The van der Waals surface area contributed by atoms with E-state index in [0.29, 0.717) is 12.3 Å². The largest absolute Gasteiger partial charge is 0.487 e. The Bertz CT molecular complexity index is 637. The van der Waals surface area contributed by atoms with Crippen LogP contribution in [0.4, 0.5) is 17.1 Å². The third-order valence-electron chi connectivity index (χ3n) is 2.88. The second-order valence-electron chi connectivity index (χ2n) is 4.80. The number of hydrogen-bond acceptors (Lipinski definition) is 5. The zero-order valence-electron chi connectivity index (χ0n) is 12.2. The summed E-state index contributed by atoms with van der Waals surface area (Å²) in [6, 6.07) is 4.97. The summed E-state index contributed by atoms with van der Waals surface area (Å²) in [7, 11) is 0. The van der Waals surface area contributed by atoms with E-state index in [9.17, 15) is 10.1 Å². The fourth-order valence-corrected chi connectivity index (χ4v) is 1.87. The summed E-state index contributed by atoms with van der Waals surface area (Å²) >= 11 is 0. The van der Waals surface area contributed by atoms with Crippen molar-refractivity contribution in [2.24, 2.45) is 0 Å². The van der Waals surface area contributed by atoms with Crippen LogP contribution in [0.3, 0.4) is 0 Å². The number of aromatic nitrogens is 2. The Kier molecular flexibility index (Phi) is 4.42. The van der Waals surface area contributed by atoms with Crippen molar-refractivity contribution in [3.8, 4) is 5.75 Å². The monoisotopic (exact) mass is 290 g/mol. The normalized spacial score (nSPS) is 10.7. The second-order valence-corrected chi connectivity index (χ2v) is 4.80. The molecule has 0 aliphatic carbocycles. The van der Waals surface area contributed by atoms with Crippen LogP contribution in [-0.4, -0.2) is 21.3 Å². The number of anilines is 2. The van der Waals surface area contributed by atoms with Crippen LogP contribution in [0.2, 0.25) is 0 Å². The van der Waals surface area contributed by atoms with E-state index in [0.717, 1.165) is 5.69 Å². The van der Waals surface area contributed by atoms with Crippen LogP contribution < -0.4 is 10.1 Å². The number of nitro benzene ring substituents is 1. The minimum atomic E-state index is -0.453. The standard InChI is InChI=1S/C14H18N4O3/c1-4-21-14-7-11(5-6-13(14)18(19)20)16-12-8-15-17(9-12)10(2)3/h5-10,16H,4H2,1-3H3. The van der Waals surface area contributed by atoms with Crippen LogP contribution in [0, 0.1) is 10.1 Å². The molecule has 2 aromatic rings. The van der Waals surface area contributed by atoms with E-state index in [4.69, 9.17) is 4.74 Å². The Morgan fingerprint density at radius 2 is 2.19 bits per heavy atom. The van der Waals surface area contributed by atoms with Crippen LogP contribution in [-0.2, 0) is 0 Å². The second kappa shape index (κ2) is 6.25. The highest BCUT2D eigenvalue weighted by atomic mass is 16.6. The first kappa shape index (κ1) is 14.8.